The number of thioether (sulfide) groups is 1. The minimum absolute atomic E-state index is 0.510. The van der Waals surface area contributed by atoms with Crippen LogP contribution in [0.15, 0.2) is 0 Å². The SMILES string of the molecule is CC(C)(C)C1CCC(NCCN2CCSCC2)CC1. The molecule has 0 bridgehead atoms. The summed E-state index contributed by atoms with van der Waals surface area (Å²) in [4.78, 5) is 2.62. The van der Waals surface area contributed by atoms with Crippen molar-refractivity contribution in [1.82, 2.24) is 10.2 Å². The van der Waals surface area contributed by atoms with Crippen LogP contribution in [0.5, 0.6) is 0 Å². The molecular formula is C16H32N2S. The third-order valence-electron chi connectivity index (χ3n) is 4.92. The smallest absolute Gasteiger partial charge is 0.0108 e. The molecule has 2 rings (SSSR count). The predicted octanol–water partition coefficient (Wildman–Crippen LogP) is 3.23. The first-order valence-electron chi connectivity index (χ1n) is 8.09. The van der Waals surface area contributed by atoms with Crippen LogP contribution in [0, 0.1) is 11.3 Å². The van der Waals surface area contributed by atoms with Gasteiger partial charge < -0.3 is 10.2 Å². The van der Waals surface area contributed by atoms with Gasteiger partial charge in [0, 0.05) is 43.7 Å². The Labute approximate surface area is 124 Å². The van der Waals surface area contributed by atoms with Crippen LogP contribution in [0.2, 0.25) is 0 Å². The number of hydrogen-bond acceptors (Lipinski definition) is 3. The first kappa shape index (κ1) is 15.7. The van der Waals surface area contributed by atoms with E-state index in [2.05, 4.69) is 42.7 Å². The van der Waals surface area contributed by atoms with E-state index in [-0.39, 0.29) is 0 Å². The van der Waals surface area contributed by atoms with Gasteiger partial charge in [-0.1, -0.05) is 20.8 Å². The normalized spacial score (nSPS) is 30.5. The number of nitrogens with one attached hydrogen (secondary N) is 1. The van der Waals surface area contributed by atoms with E-state index in [1.807, 2.05) is 0 Å². The van der Waals surface area contributed by atoms with E-state index in [4.69, 9.17) is 0 Å². The molecule has 0 aromatic rings. The second-order valence-electron chi connectivity index (χ2n) is 7.32. The molecular weight excluding hydrogens is 252 g/mol. The standard InChI is InChI=1S/C16H32N2S/c1-16(2,3)14-4-6-15(7-5-14)17-8-9-18-10-12-19-13-11-18/h14-15,17H,4-13H2,1-3H3. The van der Waals surface area contributed by atoms with Crippen molar-refractivity contribution in [3.63, 3.8) is 0 Å². The van der Waals surface area contributed by atoms with Gasteiger partial charge in [-0.25, -0.2) is 0 Å². The fourth-order valence-corrected chi connectivity index (χ4v) is 4.39. The number of nitrogens with zero attached hydrogens (tertiary/aromatic N) is 1. The maximum absolute atomic E-state index is 3.79. The van der Waals surface area contributed by atoms with Crippen molar-refractivity contribution >= 4 is 11.8 Å². The molecule has 112 valence electrons. The Morgan fingerprint density at radius 2 is 1.68 bits per heavy atom. The Bertz CT molecular complexity index is 248. The zero-order chi connectivity index (χ0) is 13.7. The van der Waals surface area contributed by atoms with Crippen LogP contribution in [0.4, 0.5) is 0 Å². The van der Waals surface area contributed by atoms with Crippen LogP contribution in [-0.4, -0.2) is 48.6 Å². The van der Waals surface area contributed by atoms with E-state index < -0.39 is 0 Å². The van der Waals surface area contributed by atoms with Crippen LogP contribution in [0.25, 0.3) is 0 Å². The molecule has 0 spiro atoms. The Kier molecular flexibility index (Phi) is 6.04. The molecule has 1 aliphatic heterocycles. The lowest BCUT2D eigenvalue weighted by atomic mass is 9.71. The van der Waals surface area contributed by atoms with E-state index >= 15 is 0 Å². The highest BCUT2D eigenvalue weighted by molar-refractivity contribution is 7.99. The van der Waals surface area contributed by atoms with Crippen molar-refractivity contribution < 1.29 is 0 Å². The summed E-state index contributed by atoms with van der Waals surface area (Å²) in [7, 11) is 0. The predicted molar refractivity (Wildman–Crippen MR) is 87.0 cm³/mol. The first-order chi connectivity index (χ1) is 9.05. The fraction of sp³-hybridized carbons (Fsp3) is 1.00. The topological polar surface area (TPSA) is 15.3 Å². The summed E-state index contributed by atoms with van der Waals surface area (Å²) in [6.45, 7) is 12.2. The summed E-state index contributed by atoms with van der Waals surface area (Å²) in [6, 6.07) is 0.790. The lowest BCUT2D eigenvalue weighted by molar-refractivity contribution is 0.158. The minimum Gasteiger partial charge on any atom is -0.313 e. The Hall–Kier alpha value is 0.270. The van der Waals surface area contributed by atoms with E-state index in [1.165, 1.54) is 63.4 Å². The average Bonchev–Trinajstić information content (AvgIpc) is 2.39. The third-order valence-corrected chi connectivity index (χ3v) is 5.86. The van der Waals surface area contributed by atoms with Gasteiger partial charge in [0.05, 0.1) is 0 Å². The Morgan fingerprint density at radius 3 is 2.26 bits per heavy atom. The first-order valence-corrected chi connectivity index (χ1v) is 9.24. The molecule has 2 aliphatic rings. The van der Waals surface area contributed by atoms with E-state index in [1.54, 1.807) is 0 Å². The van der Waals surface area contributed by atoms with Gasteiger partial charge >= 0.3 is 0 Å². The monoisotopic (exact) mass is 284 g/mol. The maximum Gasteiger partial charge on any atom is 0.0108 e. The molecule has 1 saturated carbocycles. The summed E-state index contributed by atoms with van der Waals surface area (Å²) >= 11 is 2.10. The molecule has 1 heterocycles. The van der Waals surface area contributed by atoms with Crippen molar-refractivity contribution in [3.05, 3.63) is 0 Å². The maximum atomic E-state index is 3.79. The van der Waals surface area contributed by atoms with Gasteiger partial charge in [0.2, 0.25) is 0 Å². The van der Waals surface area contributed by atoms with Crippen molar-refractivity contribution in [1.29, 1.82) is 0 Å². The summed E-state index contributed by atoms with van der Waals surface area (Å²) < 4.78 is 0. The molecule has 0 radical (unpaired) electrons. The molecule has 1 saturated heterocycles. The summed E-state index contributed by atoms with van der Waals surface area (Å²) in [5.74, 6) is 3.59. The van der Waals surface area contributed by atoms with Crippen LogP contribution in [0.1, 0.15) is 46.5 Å². The summed E-state index contributed by atoms with van der Waals surface area (Å²) in [6.07, 6.45) is 5.61. The van der Waals surface area contributed by atoms with Gasteiger partial charge in [-0.2, -0.15) is 11.8 Å². The Balaban J connectivity index is 1.58. The van der Waals surface area contributed by atoms with Gasteiger partial charge in [-0.15, -0.1) is 0 Å². The Morgan fingerprint density at radius 1 is 1.05 bits per heavy atom. The second kappa shape index (κ2) is 7.33. The average molecular weight is 285 g/mol. The summed E-state index contributed by atoms with van der Waals surface area (Å²) in [5.41, 5.74) is 0.510. The van der Waals surface area contributed by atoms with Crippen LogP contribution in [-0.2, 0) is 0 Å². The van der Waals surface area contributed by atoms with Crippen LogP contribution < -0.4 is 5.32 Å². The van der Waals surface area contributed by atoms with Gasteiger partial charge in [0.15, 0.2) is 0 Å². The van der Waals surface area contributed by atoms with Gasteiger partial charge in [0.25, 0.3) is 0 Å². The molecule has 0 aromatic heterocycles. The van der Waals surface area contributed by atoms with Crippen LogP contribution in [0.3, 0.4) is 0 Å². The highest BCUT2D eigenvalue weighted by atomic mass is 32.2. The highest BCUT2D eigenvalue weighted by Crippen LogP contribution is 2.37. The zero-order valence-corrected chi connectivity index (χ0v) is 13.9. The molecule has 1 aliphatic carbocycles. The molecule has 2 nitrogen and oxygen atoms in total. The van der Waals surface area contributed by atoms with Gasteiger partial charge in [-0.3, -0.25) is 0 Å². The van der Waals surface area contributed by atoms with Crippen molar-refractivity contribution in [2.24, 2.45) is 11.3 Å². The van der Waals surface area contributed by atoms with Crippen LogP contribution >= 0.6 is 11.8 Å². The molecule has 2 fully saturated rings. The molecule has 3 heteroatoms. The lowest BCUT2D eigenvalue weighted by Crippen LogP contribution is -2.42. The number of hydrogen-bond donors (Lipinski definition) is 1. The quantitative estimate of drug-likeness (QED) is 0.853. The van der Waals surface area contributed by atoms with Crippen molar-refractivity contribution in [2.75, 3.05) is 37.7 Å². The summed E-state index contributed by atoms with van der Waals surface area (Å²) in [5, 5.41) is 3.79. The highest BCUT2D eigenvalue weighted by Gasteiger charge is 2.29. The van der Waals surface area contributed by atoms with Crippen molar-refractivity contribution in [3.8, 4) is 0 Å². The second-order valence-corrected chi connectivity index (χ2v) is 8.55. The lowest BCUT2D eigenvalue weighted by Gasteiger charge is -2.37. The molecule has 19 heavy (non-hydrogen) atoms. The van der Waals surface area contributed by atoms with E-state index in [0.717, 1.165) is 12.0 Å². The van der Waals surface area contributed by atoms with Crippen molar-refractivity contribution in [2.45, 2.75) is 52.5 Å². The molecule has 0 atom stereocenters. The zero-order valence-electron chi connectivity index (χ0n) is 13.1. The van der Waals surface area contributed by atoms with E-state index in [0.29, 0.717) is 5.41 Å². The van der Waals surface area contributed by atoms with E-state index in [9.17, 15) is 0 Å². The molecule has 1 N–H and O–H groups in total. The van der Waals surface area contributed by atoms with Gasteiger partial charge in [-0.05, 0) is 37.0 Å². The van der Waals surface area contributed by atoms with Gasteiger partial charge in [0.1, 0.15) is 0 Å². The molecule has 0 unspecified atom stereocenters. The number of rotatable bonds is 4. The minimum atomic E-state index is 0.510. The molecule has 0 aromatic carbocycles. The fourth-order valence-electron chi connectivity index (χ4n) is 3.42. The molecule has 0 amide bonds. The largest absolute Gasteiger partial charge is 0.313 e. The third kappa shape index (κ3) is 5.28.